The Kier molecular flexibility index (Phi) is 12.6. The van der Waals surface area contributed by atoms with Gasteiger partial charge in [0, 0.05) is 13.2 Å². The summed E-state index contributed by atoms with van der Waals surface area (Å²) in [5, 5.41) is 7.19. The molecule has 0 atom stereocenters. The molecule has 0 unspecified atom stereocenters. The molecule has 0 bridgehead atoms. The lowest BCUT2D eigenvalue weighted by Crippen LogP contribution is -2.03. The lowest BCUT2D eigenvalue weighted by molar-refractivity contribution is 0.162. The van der Waals surface area contributed by atoms with Gasteiger partial charge in [-0.3, -0.25) is 0 Å². The highest BCUT2D eigenvalue weighted by Gasteiger charge is 1.65. The summed E-state index contributed by atoms with van der Waals surface area (Å²) in [6, 6.07) is 0. The van der Waals surface area contributed by atoms with Crippen LogP contribution in [0.3, 0.4) is 0 Å². The predicted molar refractivity (Wildman–Crippen MR) is 34.4 cm³/mol. The Morgan fingerprint density at radius 1 is 1.56 bits per heavy atom. The third-order valence-corrected chi connectivity index (χ3v) is 0.408. The zero-order chi connectivity index (χ0) is 7.70. The average molecular weight is 135 g/mol. The largest absolute Gasteiger partial charge is 0.465 e. The molecule has 0 aliphatic rings. The second-order valence-electron chi connectivity index (χ2n) is 1.12. The number of amides is 1. The van der Waals surface area contributed by atoms with E-state index in [4.69, 9.17) is 14.6 Å². The fourth-order valence-electron chi connectivity index (χ4n) is 0.204. The van der Waals surface area contributed by atoms with Crippen LogP contribution in [0.25, 0.3) is 0 Å². The highest BCUT2D eigenvalue weighted by atomic mass is 16.5. The topological polar surface area (TPSA) is 72.5 Å². The third kappa shape index (κ3) is 131. The van der Waals surface area contributed by atoms with E-state index < -0.39 is 6.09 Å². The zero-order valence-electron chi connectivity index (χ0n) is 5.76. The van der Waals surface area contributed by atoms with Crippen molar-refractivity contribution in [1.82, 2.24) is 0 Å². The van der Waals surface area contributed by atoms with Crippen LogP contribution in [0.15, 0.2) is 0 Å². The number of primary amides is 1. The molecule has 0 fully saturated rings. The van der Waals surface area contributed by atoms with E-state index in [2.05, 4.69) is 5.73 Å². The summed E-state index contributed by atoms with van der Waals surface area (Å²) in [6.07, 6.45) is -1.33. The molecule has 0 saturated heterocycles. The van der Waals surface area contributed by atoms with Crippen LogP contribution in [0.5, 0.6) is 0 Å². The Morgan fingerprint density at radius 2 is 1.78 bits per heavy atom. The molecule has 0 rings (SSSR count). The monoisotopic (exact) mass is 135 g/mol. The van der Waals surface area contributed by atoms with E-state index >= 15 is 0 Å². The van der Waals surface area contributed by atoms with Crippen LogP contribution >= 0.6 is 0 Å². The number of hydrogen-bond donors (Lipinski definition) is 2. The Labute approximate surface area is 54.6 Å². The Morgan fingerprint density at radius 3 is 1.78 bits per heavy atom. The SMILES string of the molecule is CCOCC.NC(=O)O. The minimum absolute atomic E-state index is 0.844. The summed E-state index contributed by atoms with van der Waals surface area (Å²) in [5.41, 5.74) is 4.03. The summed E-state index contributed by atoms with van der Waals surface area (Å²) in [5.74, 6) is 0. The van der Waals surface area contributed by atoms with Gasteiger partial charge in [0.1, 0.15) is 0 Å². The van der Waals surface area contributed by atoms with Crippen molar-refractivity contribution in [3.63, 3.8) is 0 Å². The highest BCUT2D eigenvalue weighted by Crippen LogP contribution is 1.64. The molecule has 0 radical (unpaired) electrons. The Hall–Kier alpha value is -0.770. The molecule has 4 nitrogen and oxygen atoms in total. The summed E-state index contributed by atoms with van der Waals surface area (Å²) >= 11 is 0. The third-order valence-electron chi connectivity index (χ3n) is 0.408. The normalized spacial score (nSPS) is 7.33. The maximum atomic E-state index is 8.78. The molecule has 0 aliphatic heterocycles. The molecule has 9 heavy (non-hydrogen) atoms. The zero-order valence-corrected chi connectivity index (χ0v) is 5.76. The molecule has 56 valence electrons. The number of carboxylic acid groups (broad SMARTS) is 1. The smallest absolute Gasteiger partial charge is 0.402 e. The van der Waals surface area contributed by atoms with Crippen molar-refractivity contribution in [1.29, 1.82) is 0 Å². The molecule has 0 aromatic carbocycles. The van der Waals surface area contributed by atoms with Gasteiger partial charge in [0.2, 0.25) is 0 Å². The second kappa shape index (κ2) is 10.3. The van der Waals surface area contributed by atoms with Gasteiger partial charge in [0.15, 0.2) is 0 Å². The molecule has 0 heterocycles. The summed E-state index contributed by atoms with van der Waals surface area (Å²) in [4.78, 5) is 8.78. The van der Waals surface area contributed by atoms with Gasteiger partial charge in [-0.25, -0.2) is 4.79 Å². The van der Waals surface area contributed by atoms with Crippen LogP contribution < -0.4 is 5.73 Å². The molecule has 0 spiro atoms. The lowest BCUT2D eigenvalue weighted by Gasteiger charge is -1.86. The van der Waals surface area contributed by atoms with E-state index in [1.165, 1.54) is 0 Å². The number of hydrogen-bond acceptors (Lipinski definition) is 2. The second-order valence-corrected chi connectivity index (χ2v) is 1.12. The minimum Gasteiger partial charge on any atom is -0.465 e. The Balaban J connectivity index is 0. The number of carbonyl (C=O) groups is 1. The molecular formula is C5H13NO3. The Bertz CT molecular complexity index is 59.2. The molecule has 3 N–H and O–H groups in total. The standard InChI is InChI=1S/C4H10O.CH3NO2/c1-3-5-4-2;2-1(3)4/h3-4H2,1-2H3;2H2,(H,3,4). The van der Waals surface area contributed by atoms with E-state index in [9.17, 15) is 0 Å². The first-order valence-electron chi connectivity index (χ1n) is 2.71. The summed E-state index contributed by atoms with van der Waals surface area (Å²) in [6.45, 7) is 5.67. The quantitative estimate of drug-likeness (QED) is 0.584. The fourth-order valence-corrected chi connectivity index (χ4v) is 0.204. The van der Waals surface area contributed by atoms with Crippen molar-refractivity contribution in [2.24, 2.45) is 5.73 Å². The number of ether oxygens (including phenoxy) is 1. The van der Waals surface area contributed by atoms with Crippen molar-refractivity contribution in [3.8, 4) is 0 Å². The van der Waals surface area contributed by atoms with Gasteiger partial charge in [0.05, 0.1) is 0 Å². The van der Waals surface area contributed by atoms with Crippen molar-refractivity contribution in [2.45, 2.75) is 13.8 Å². The van der Waals surface area contributed by atoms with E-state index in [0.717, 1.165) is 13.2 Å². The van der Waals surface area contributed by atoms with Crippen LogP contribution in [0.1, 0.15) is 13.8 Å². The van der Waals surface area contributed by atoms with Gasteiger partial charge < -0.3 is 15.6 Å². The van der Waals surface area contributed by atoms with Gasteiger partial charge in [-0.2, -0.15) is 0 Å². The predicted octanol–water partition coefficient (Wildman–Crippen LogP) is 0.666. The maximum Gasteiger partial charge on any atom is 0.402 e. The van der Waals surface area contributed by atoms with Crippen molar-refractivity contribution >= 4 is 6.09 Å². The average Bonchev–Trinajstić information content (AvgIpc) is 1.66. The fraction of sp³-hybridized carbons (Fsp3) is 0.800. The van der Waals surface area contributed by atoms with Crippen LogP contribution in [-0.2, 0) is 4.74 Å². The molecule has 0 aromatic rings. The lowest BCUT2D eigenvalue weighted by atomic mass is 10.8. The van der Waals surface area contributed by atoms with Gasteiger partial charge >= 0.3 is 6.09 Å². The molecule has 0 aliphatic carbocycles. The van der Waals surface area contributed by atoms with Gasteiger partial charge in [-0.1, -0.05) is 0 Å². The van der Waals surface area contributed by atoms with E-state index in [-0.39, 0.29) is 0 Å². The van der Waals surface area contributed by atoms with Gasteiger partial charge in [-0.15, -0.1) is 0 Å². The van der Waals surface area contributed by atoms with Crippen molar-refractivity contribution in [2.75, 3.05) is 13.2 Å². The van der Waals surface area contributed by atoms with Crippen molar-refractivity contribution < 1.29 is 14.6 Å². The van der Waals surface area contributed by atoms with Crippen LogP contribution in [0, 0.1) is 0 Å². The highest BCUT2D eigenvalue weighted by molar-refractivity contribution is 5.61. The molecule has 0 aromatic heterocycles. The van der Waals surface area contributed by atoms with E-state index in [0.29, 0.717) is 0 Å². The first kappa shape index (κ1) is 11.1. The van der Waals surface area contributed by atoms with E-state index in [1.54, 1.807) is 0 Å². The van der Waals surface area contributed by atoms with Gasteiger partial charge in [0.25, 0.3) is 0 Å². The van der Waals surface area contributed by atoms with Crippen molar-refractivity contribution in [3.05, 3.63) is 0 Å². The summed E-state index contributed by atoms with van der Waals surface area (Å²) in [7, 11) is 0. The van der Waals surface area contributed by atoms with Crippen LogP contribution in [0.2, 0.25) is 0 Å². The van der Waals surface area contributed by atoms with Crippen LogP contribution in [-0.4, -0.2) is 24.4 Å². The maximum absolute atomic E-state index is 8.78. The molecule has 4 heteroatoms. The minimum atomic E-state index is -1.33. The van der Waals surface area contributed by atoms with Crippen LogP contribution in [0.4, 0.5) is 4.79 Å². The first-order chi connectivity index (χ1) is 4.15. The van der Waals surface area contributed by atoms with Gasteiger partial charge in [-0.05, 0) is 13.8 Å². The first-order valence-corrected chi connectivity index (χ1v) is 2.71. The number of nitrogens with two attached hydrogens (primary N) is 1. The molecular weight excluding hydrogens is 122 g/mol. The molecule has 0 saturated carbocycles. The summed E-state index contributed by atoms with van der Waals surface area (Å²) < 4.78 is 4.83. The van der Waals surface area contributed by atoms with E-state index in [1.807, 2.05) is 13.8 Å². The number of rotatable bonds is 2. The molecule has 1 amide bonds.